The van der Waals surface area contributed by atoms with Gasteiger partial charge in [-0.2, -0.15) is 4.39 Å². The molecule has 0 bridgehead atoms. The van der Waals surface area contributed by atoms with E-state index in [9.17, 15) is 0 Å². The Morgan fingerprint density at radius 2 is 1.66 bits per heavy atom. The van der Waals surface area contributed by atoms with Gasteiger partial charge in [0.25, 0.3) is 0 Å². The second-order valence-corrected chi connectivity index (χ2v) is 10.2. The molecule has 0 unspecified atom stereocenters. The molecule has 3 aromatic rings. The Morgan fingerprint density at radius 1 is 0.943 bits per heavy atom. The number of anilines is 1. The molecule has 0 spiro atoms. The van der Waals surface area contributed by atoms with Gasteiger partial charge in [-0.25, -0.2) is 4.98 Å². The highest BCUT2D eigenvalue weighted by Crippen LogP contribution is 2.51. The van der Waals surface area contributed by atoms with E-state index in [1.54, 1.807) is 0 Å². The van der Waals surface area contributed by atoms with Crippen LogP contribution in [0.3, 0.4) is 0 Å². The predicted octanol–water partition coefficient (Wildman–Crippen LogP) is 4.49. The van der Waals surface area contributed by atoms with Gasteiger partial charge in [0, 0.05) is 60.7 Å². The molecule has 0 amide bonds. The number of benzene rings is 2. The van der Waals surface area contributed by atoms with Crippen molar-refractivity contribution >= 4 is 11.5 Å². The van der Waals surface area contributed by atoms with Crippen molar-refractivity contribution in [3.8, 4) is 22.3 Å². The minimum absolute atomic E-state index is 0.158. The summed E-state index contributed by atoms with van der Waals surface area (Å²) in [4.78, 5) is 9.11. The minimum atomic E-state index is -0.533. The maximum absolute atomic E-state index is 15.0. The summed E-state index contributed by atoms with van der Waals surface area (Å²) in [6.07, 6.45) is 3.30. The Balaban J connectivity index is 1.31. The van der Waals surface area contributed by atoms with Crippen LogP contribution in [0.2, 0.25) is 0 Å². The first-order chi connectivity index (χ1) is 16.9. The minimum Gasteiger partial charge on any atom is -0.385 e. The van der Waals surface area contributed by atoms with Gasteiger partial charge < -0.3 is 16.0 Å². The van der Waals surface area contributed by atoms with Crippen LogP contribution in [0, 0.1) is 5.95 Å². The van der Waals surface area contributed by atoms with Gasteiger partial charge in [0.2, 0.25) is 5.95 Å². The standard InChI is InChI=1S/C29H32FN5/c1-19-24-8-5-21(17-22(24)9-12-32-19)26-18-25(27(30)33-28(26)31)20-3-6-23(7-4-20)29(10-11-29)35-15-13-34(2)14-16-35/h3-8,17-18,32H,1,9-16H2,2H3,(H2,31,33). The fourth-order valence-corrected chi connectivity index (χ4v) is 5.74. The first-order valence-electron chi connectivity index (χ1n) is 12.5. The van der Waals surface area contributed by atoms with E-state index in [1.165, 1.54) is 24.0 Å². The monoisotopic (exact) mass is 469 g/mol. The average molecular weight is 470 g/mol. The van der Waals surface area contributed by atoms with Gasteiger partial charge in [-0.1, -0.05) is 49.0 Å². The topological polar surface area (TPSA) is 57.4 Å². The van der Waals surface area contributed by atoms with Crippen LogP contribution in [0.4, 0.5) is 10.2 Å². The Hall–Kier alpha value is -3.22. The van der Waals surface area contributed by atoms with Crippen molar-refractivity contribution in [3.05, 3.63) is 77.7 Å². The quantitative estimate of drug-likeness (QED) is 0.552. The molecule has 1 saturated heterocycles. The zero-order valence-corrected chi connectivity index (χ0v) is 20.3. The van der Waals surface area contributed by atoms with Crippen molar-refractivity contribution in [3.63, 3.8) is 0 Å². The van der Waals surface area contributed by atoms with Crippen LogP contribution in [-0.4, -0.2) is 54.6 Å². The summed E-state index contributed by atoms with van der Waals surface area (Å²) >= 11 is 0. The summed E-state index contributed by atoms with van der Waals surface area (Å²) < 4.78 is 15.0. The van der Waals surface area contributed by atoms with Gasteiger partial charge in [0.05, 0.1) is 0 Å². The second-order valence-electron chi connectivity index (χ2n) is 10.2. The third kappa shape index (κ3) is 3.91. The highest BCUT2D eigenvalue weighted by molar-refractivity contribution is 5.81. The second kappa shape index (κ2) is 8.47. The lowest BCUT2D eigenvalue weighted by molar-refractivity contribution is 0.0976. The van der Waals surface area contributed by atoms with Crippen LogP contribution in [0.5, 0.6) is 0 Å². The van der Waals surface area contributed by atoms with Crippen LogP contribution in [0.15, 0.2) is 55.1 Å². The summed E-state index contributed by atoms with van der Waals surface area (Å²) in [5.74, 6) is -0.322. The molecule has 1 aromatic heterocycles. The van der Waals surface area contributed by atoms with E-state index in [1.807, 2.05) is 24.3 Å². The maximum atomic E-state index is 15.0. The number of piperazine rings is 1. The molecule has 3 heterocycles. The average Bonchev–Trinajstić information content (AvgIpc) is 3.67. The third-order valence-corrected chi connectivity index (χ3v) is 8.05. The van der Waals surface area contributed by atoms with E-state index in [0.717, 1.165) is 67.1 Å². The molecule has 6 heteroatoms. The molecule has 2 fully saturated rings. The molecule has 3 aliphatic rings. The molecular formula is C29H32FN5. The lowest BCUT2D eigenvalue weighted by atomic mass is 9.92. The lowest BCUT2D eigenvalue weighted by Gasteiger charge is -2.38. The number of pyridine rings is 1. The van der Waals surface area contributed by atoms with Crippen molar-refractivity contribution in [1.82, 2.24) is 20.1 Å². The Bertz CT molecular complexity index is 1290. The fraction of sp³-hybridized carbons (Fsp3) is 0.345. The van der Waals surface area contributed by atoms with Crippen molar-refractivity contribution in [1.29, 1.82) is 0 Å². The molecule has 0 atom stereocenters. The van der Waals surface area contributed by atoms with E-state index in [0.29, 0.717) is 5.56 Å². The molecule has 180 valence electrons. The lowest BCUT2D eigenvalue weighted by Crippen LogP contribution is -2.49. The van der Waals surface area contributed by atoms with Crippen molar-refractivity contribution in [2.45, 2.75) is 24.8 Å². The molecule has 35 heavy (non-hydrogen) atoms. The number of aromatic nitrogens is 1. The highest BCUT2D eigenvalue weighted by Gasteiger charge is 2.49. The van der Waals surface area contributed by atoms with Crippen LogP contribution in [-0.2, 0) is 12.0 Å². The third-order valence-electron chi connectivity index (χ3n) is 8.05. The van der Waals surface area contributed by atoms with E-state index >= 15 is 4.39 Å². The number of nitrogens with two attached hydrogens (primary N) is 1. The summed E-state index contributed by atoms with van der Waals surface area (Å²) in [7, 11) is 2.19. The Labute approximate surface area is 206 Å². The number of hydrogen-bond donors (Lipinski definition) is 2. The van der Waals surface area contributed by atoms with Crippen molar-refractivity contribution < 1.29 is 4.39 Å². The molecule has 6 rings (SSSR count). The van der Waals surface area contributed by atoms with Gasteiger partial charge in [-0.15, -0.1) is 0 Å². The molecular weight excluding hydrogens is 437 g/mol. The number of rotatable bonds is 4. The molecule has 3 N–H and O–H groups in total. The van der Waals surface area contributed by atoms with E-state index in [-0.39, 0.29) is 11.4 Å². The van der Waals surface area contributed by atoms with E-state index in [2.05, 4.69) is 58.0 Å². The largest absolute Gasteiger partial charge is 0.385 e. The van der Waals surface area contributed by atoms with Crippen molar-refractivity contribution in [2.75, 3.05) is 45.5 Å². The molecule has 1 aliphatic carbocycles. The first kappa shape index (κ1) is 22.3. The summed E-state index contributed by atoms with van der Waals surface area (Å²) in [5.41, 5.74) is 14.0. The molecule has 5 nitrogen and oxygen atoms in total. The van der Waals surface area contributed by atoms with Crippen LogP contribution in [0.25, 0.3) is 28.0 Å². The molecule has 1 saturated carbocycles. The fourth-order valence-electron chi connectivity index (χ4n) is 5.74. The first-order valence-corrected chi connectivity index (χ1v) is 12.5. The summed E-state index contributed by atoms with van der Waals surface area (Å²) in [6.45, 7) is 9.38. The predicted molar refractivity (Wildman–Crippen MR) is 140 cm³/mol. The SMILES string of the molecule is C=C1NCCc2cc(-c3cc(-c4ccc(C5(N6CCN(C)CC6)CC5)cc4)c(F)nc3N)ccc21. The Morgan fingerprint density at radius 3 is 2.37 bits per heavy atom. The molecule has 2 aliphatic heterocycles. The van der Waals surface area contributed by atoms with Gasteiger partial charge in [0.15, 0.2) is 0 Å². The number of fused-ring (bicyclic) bond motifs is 1. The van der Waals surface area contributed by atoms with Crippen molar-refractivity contribution in [2.24, 2.45) is 0 Å². The van der Waals surface area contributed by atoms with Gasteiger partial charge >= 0.3 is 0 Å². The van der Waals surface area contributed by atoms with Gasteiger partial charge in [-0.05, 0) is 54.6 Å². The zero-order valence-electron chi connectivity index (χ0n) is 20.3. The number of likely N-dealkylation sites (N-methyl/N-ethyl adjacent to an activating group) is 1. The van der Waals surface area contributed by atoms with Gasteiger partial charge in [0.1, 0.15) is 5.82 Å². The van der Waals surface area contributed by atoms with Crippen LogP contribution in [0.1, 0.15) is 29.5 Å². The summed E-state index contributed by atoms with van der Waals surface area (Å²) in [5, 5.41) is 3.30. The number of nitrogens with one attached hydrogen (secondary N) is 1. The Kier molecular flexibility index (Phi) is 5.38. The van der Waals surface area contributed by atoms with Crippen LogP contribution < -0.4 is 11.1 Å². The number of hydrogen-bond acceptors (Lipinski definition) is 5. The highest BCUT2D eigenvalue weighted by atomic mass is 19.1. The molecule has 0 radical (unpaired) electrons. The summed E-state index contributed by atoms with van der Waals surface area (Å²) in [6, 6.07) is 16.5. The zero-order chi connectivity index (χ0) is 24.2. The molecule has 2 aromatic carbocycles. The smallest absolute Gasteiger partial charge is 0.222 e. The number of halogens is 1. The normalized spacial score (nSPS) is 19.8. The van der Waals surface area contributed by atoms with E-state index < -0.39 is 5.95 Å². The maximum Gasteiger partial charge on any atom is 0.222 e. The number of nitrogen functional groups attached to an aromatic ring is 1. The van der Waals surface area contributed by atoms with E-state index in [4.69, 9.17) is 5.73 Å². The van der Waals surface area contributed by atoms with Crippen LogP contribution >= 0.6 is 0 Å². The number of nitrogens with zero attached hydrogens (tertiary/aromatic N) is 3. The van der Waals surface area contributed by atoms with Gasteiger partial charge in [-0.3, -0.25) is 4.90 Å².